The van der Waals surface area contributed by atoms with Gasteiger partial charge < -0.3 is 0 Å². The normalized spacial score (nSPS) is 12.2. The van der Waals surface area contributed by atoms with Gasteiger partial charge in [0, 0.05) is 0 Å². The van der Waals surface area contributed by atoms with Crippen LogP contribution in [-0.2, 0) is 6.42 Å². The number of para-hydroxylation sites is 1. The highest BCUT2D eigenvalue weighted by Gasteiger charge is 2.21. The Balaban J connectivity index is 2.89. The monoisotopic (exact) mass is 221 g/mol. The SMILES string of the molecule is C=CCc1ccccc1NS(F)(F)F. The Morgan fingerprint density at radius 1 is 1.29 bits per heavy atom. The standard InChI is InChI=1S/C9H10F3NS/c1-2-5-8-6-3-4-7-9(8)13-14(10,11)12/h2-4,6-7,13H,1,5H2. The fraction of sp³-hybridized carbons (Fsp3) is 0.111. The van der Waals surface area contributed by atoms with Crippen molar-refractivity contribution in [1.29, 1.82) is 0 Å². The lowest BCUT2D eigenvalue weighted by Crippen LogP contribution is -1.98. The molecule has 0 spiro atoms. The fourth-order valence-electron chi connectivity index (χ4n) is 1.08. The van der Waals surface area contributed by atoms with E-state index in [1.54, 1.807) is 29.0 Å². The molecular weight excluding hydrogens is 211 g/mol. The molecule has 0 aliphatic rings. The van der Waals surface area contributed by atoms with E-state index in [2.05, 4.69) is 6.58 Å². The van der Waals surface area contributed by atoms with Gasteiger partial charge in [-0.15, -0.1) is 18.2 Å². The summed E-state index contributed by atoms with van der Waals surface area (Å²) in [6.07, 6.45) is 2.00. The van der Waals surface area contributed by atoms with Crippen molar-refractivity contribution in [2.75, 3.05) is 4.72 Å². The number of halogens is 3. The molecule has 0 bridgehead atoms. The van der Waals surface area contributed by atoms with Crippen molar-refractivity contribution in [2.45, 2.75) is 6.42 Å². The van der Waals surface area contributed by atoms with Gasteiger partial charge in [-0.1, -0.05) is 24.3 Å². The van der Waals surface area contributed by atoms with Crippen LogP contribution >= 0.6 is 11.4 Å². The van der Waals surface area contributed by atoms with Gasteiger partial charge in [-0.25, -0.2) is 0 Å². The van der Waals surface area contributed by atoms with Crippen LogP contribution in [0.3, 0.4) is 0 Å². The molecule has 1 aromatic rings. The van der Waals surface area contributed by atoms with Gasteiger partial charge in [0.05, 0.1) is 5.69 Å². The number of benzene rings is 1. The second-order valence-electron chi connectivity index (χ2n) is 2.66. The Bertz CT molecular complexity index is 322. The first-order chi connectivity index (χ1) is 6.53. The molecule has 14 heavy (non-hydrogen) atoms. The first-order valence-corrected chi connectivity index (χ1v) is 5.25. The minimum atomic E-state index is -5.20. The summed E-state index contributed by atoms with van der Waals surface area (Å²) in [7, 11) is 0. The van der Waals surface area contributed by atoms with E-state index in [-0.39, 0.29) is 5.69 Å². The van der Waals surface area contributed by atoms with E-state index in [1.807, 2.05) is 0 Å². The summed E-state index contributed by atoms with van der Waals surface area (Å²) in [5.74, 6) is 0. The molecule has 1 aromatic carbocycles. The van der Waals surface area contributed by atoms with Crippen molar-refractivity contribution in [3.8, 4) is 0 Å². The number of hydrogen-bond acceptors (Lipinski definition) is 1. The number of rotatable bonds is 4. The molecule has 1 N–H and O–H groups in total. The Morgan fingerprint density at radius 3 is 2.50 bits per heavy atom. The number of hydrogen-bond donors (Lipinski definition) is 1. The Kier molecular flexibility index (Phi) is 3.46. The molecule has 0 aromatic heterocycles. The van der Waals surface area contributed by atoms with Gasteiger partial charge in [0.1, 0.15) is 0 Å². The number of allylic oxidation sites excluding steroid dienone is 1. The van der Waals surface area contributed by atoms with E-state index in [1.165, 1.54) is 6.07 Å². The van der Waals surface area contributed by atoms with Crippen molar-refractivity contribution < 1.29 is 11.7 Å². The number of nitrogens with one attached hydrogen (secondary N) is 1. The molecule has 78 valence electrons. The molecule has 1 rings (SSSR count). The molecule has 0 aliphatic heterocycles. The van der Waals surface area contributed by atoms with Crippen molar-refractivity contribution in [2.24, 2.45) is 0 Å². The van der Waals surface area contributed by atoms with E-state index in [0.29, 0.717) is 12.0 Å². The third kappa shape index (κ3) is 3.33. The van der Waals surface area contributed by atoms with Crippen LogP contribution in [-0.4, -0.2) is 0 Å². The van der Waals surface area contributed by atoms with E-state index in [9.17, 15) is 11.7 Å². The highest BCUT2D eigenvalue weighted by Crippen LogP contribution is 2.52. The topological polar surface area (TPSA) is 12.0 Å². The Morgan fingerprint density at radius 2 is 1.93 bits per heavy atom. The second kappa shape index (κ2) is 4.41. The van der Waals surface area contributed by atoms with E-state index in [0.717, 1.165) is 0 Å². The molecule has 0 fully saturated rings. The van der Waals surface area contributed by atoms with Crippen molar-refractivity contribution in [3.63, 3.8) is 0 Å². The maximum atomic E-state index is 12.1. The summed E-state index contributed by atoms with van der Waals surface area (Å²) in [4.78, 5) is 0. The molecule has 0 saturated carbocycles. The van der Waals surface area contributed by atoms with Crippen LogP contribution in [0.1, 0.15) is 5.56 Å². The van der Waals surface area contributed by atoms with Gasteiger partial charge in [0.25, 0.3) is 11.4 Å². The highest BCUT2D eigenvalue weighted by atomic mass is 32.3. The Labute approximate surface area is 83.0 Å². The highest BCUT2D eigenvalue weighted by molar-refractivity contribution is 8.22. The lowest BCUT2D eigenvalue weighted by molar-refractivity contribution is 0.645. The zero-order chi connectivity index (χ0) is 10.6. The summed E-state index contributed by atoms with van der Waals surface area (Å²) in [5, 5.41) is 0. The van der Waals surface area contributed by atoms with Gasteiger partial charge in [-0.2, -0.15) is 0 Å². The van der Waals surface area contributed by atoms with Crippen molar-refractivity contribution in [3.05, 3.63) is 42.5 Å². The molecule has 0 aliphatic carbocycles. The first kappa shape index (κ1) is 11.0. The summed E-state index contributed by atoms with van der Waals surface area (Å²) >= 11 is -5.20. The van der Waals surface area contributed by atoms with Crippen LogP contribution in [0, 0.1) is 0 Å². The molecular formula is C9H10F3NS. The largest absolute Gasteiger partial charge is 0.299 e. The molecule has 0 atom stereocenters. The van der Waals surface area contributed by atoms with Crippen molar-refractivity contribution >= 4 is 17.1 Å². The third-order valence-electron chi connectivity index (χ3n) is 1.61. The second-order valence-corrected chi connectivity index (χ2v) is 3.68. The van der Waals surface area contributed by atoms with Crippen LogP contribution in [0.25, 0.3) is 0 Å². The maximum absolute atomic E-state index is 12.1. The van der Waals surface area contributed by atoms with Gasteiger partial charge >= 0.3 is 0 Å². The molecule has 0 unspecified atom stereocenters. The molecule has 1 nitrogen and oxygen atoms in total. The average Bonchev–Trinajstić information content (AvgIpc) is 2.06. The van der Waals surface area contributed by atoms with Crippen molar-refractivity contribution in [1.82, 2.24) is 0 Å². The number of anilines is 1. The minimum absolute atomic E-state index is 0.120. The average molecular weight is 221 g/mol. The zero-order valence-electron chi connectivity index (χ0n) is 7.34. The lowest BCUT2D eigenvalue weighted by atomic mass is 10.1. The molecule has 0 heterocycles. The predicted octanol–water partition coefficient (Wildman–Crippen LogP) is 4.20. The maximum Gasteiger partial charge on any atom is 0.299 e. The van der Waals surface area contributed by atoms with Gasteiger partial charge in [-0.3, -0.25) is 4.72 Å². The smallest absolute Gasteiger partial charge is 0.274 e. The molecule has 5 heteroatoms. The van der Waals surface area contributed by atoms with Crippen LogP contribution in [0.4, 0.5) is 17.3 Å². The predicted molar refractivity (Wildman–Crippen MR) is 54.9 cm³/mol. The van der Waals surface area contributed by atoms with Gasteiger partial charge in [-0.05, 0) is 18.1 Å². The lowest BCUT2D eigenvalue weighted by Gasteiger charge is -2.15. The fourth-order valence-corrected chi connectivity index (χ4v) is 1.53. The quantitative estimate of drug-likeness (QED) is 0.751. The van der Waals surface area contributed by atoms with Crippen LogP contribution in [0.5, 0.6) is 0 Å². The summed E-state index contributed by atoms with van der Waals surface area (Å²) in [6.45, 7) is 3.49. The Hall–Kier alpha value is -1.10. The molecule has 0 amide bonds. The molecule has 0 saturated heterocycles. The van der Waals surface area contributed by atoms with Crippen LogP contribution in [0.2, 0.25) is 0 Å². The van der Waals surface area contributed by atoms with Gasteiger partial charge in [0.2, 0.25) is 0 Å². The van der Waals surface area contributed by atoms with E-state index < -0.39 is 11.4 Å². The first-order valence-electron chi connectivity index (χ1n) is 3.91. The zero-order valence-corrected chi connectivity index (χ0v) is 8.16. The van der Waals surface area contributed by atoms with E-state index >= 15 is 0 Å². The van der Waals surface area contributed by atoms with Crippen LogP contribution < -0.4 is 4.72 Å². The third-order valence-corrected chi connectivity index (χ3v) is 2.06. The van der Waals surface area contributed by atoms with E-state index in [4.69, 9.17) is 0 Å². The molecule has 0 radical (unpaired) electrons. The summed E-state index contributed by atoms with van der Waals surface area (Å²) < 4.78 is 37.9. The van der Waals surface area contributed by atoms with Gasteiger partial charge in [0.15, 0.2) is 0 Å². The summed E-state index contributed by atoms with van der Waals surface area (Å²) in [6, 6.07) is 6.34. The van der Waals surface area contributed by atoms with Crippen LogP contribution in [0.15, 0.2) is 36.9 Å². The minimum Gasteiger partial charge on any atom is -0.274 e. The summed E-state index contributed by atoms with van der Waals surface area (Å²) in [5.41, 5.74) is 0.724.